The Balaban J connectivity index is 1.86. The van der Waals surface area contributed by atoms with Crippen LogP contribution in [-0.2, 0) is 4.84 Å². The summed E-state index contributed by atoms with van der Waals surface area (Å²) in [5.74, 6) is -0.301. The highest BCUT2D eigenvalue weighted by Gasteiger charge is 2.25. The van der Waals surface area contributed by atoms with Gasteiger partial charge in [-0.25, -0.2) is 5.43 Å². The molecule has 0 amide bonds. The second-order valence-corrected chi connectivity index (χ2v) is 3.84. The third kappa shape index (κ3) is 1.88. The van der Waals surface area contributed by atoms with Crippen LogP contribution in [0.3, 0.4) is 0 Å². The SMILES string of the molecule is FC1=C(c2ccccc2)ON(c2ccccc2)N1. The van der Waals surface area contributed by atoms with Crippen molar-refractivity contribution in [3.05, 3.63) is 72.2 Å². The maximum atomic E-state index is 13.8. The lowest BCUT2D eigenvalue weighted by Crippen LogP contribution is -2.29. The summed E-state index contributed by atoms with van der Waals surface area (Å²) < 4.78 is 13.8. The van der Waals surface area contributed by atoms with Crippen LogP contribution in [-0.4, -0.2) is 0 Å². The minimum Gasteiger partial charge on any atom is -0.354 e. The van der Waals surface area contributed by atoms with E-state index in [1.54, 1.807) is 12.1 Å². The van der Waals surface area contributed by atoms with Crippen LogP contribution in [0.1, 0.15) is 5.56 Å². The molecular formula is C14H11FN2O. The predicted molar refractivity (Wildman–Crippen MR) is 67.6 cm³/mol. The van der Waals surface area contributed by atoms with Crippen LogP contribution in [0, 0.1) is 0 Å². The fraction of sp³-hybridized carbons (Fsp3) is 0. The Morgan fingerprint density at radius 3 is 2.17 bits per heavy atom. The van der Waals surface area contributed by atoms with E-state index in [9.17, 15) is 4.39 Å². The summed E-state index contributed by atoms with van der Waals surface area (Å²) in [4.78, 5) is 5.47. The largest absolute Gasteiger partial charge is 0.354 e. The van der Waals surface area contributed by atoms with Crippen molar-refractivity contribution in [1.82, 2.24) is 5.43 Å². The van der Waals surface area contributed by atoms with Crippen molar-refractivity contribution in [3.8, 4) is 0 Å². The fourth-order valence-corrected chi connectivity index (χ4v) is 1.74. The van der Waals surface area contributed by atoms with Crippen molar-refractivity contribution in [2.75, 3.05) is 5.17 Å². The van der Waals surface area contributed by atoms with Gasteiger partial charge < -0.3 is 4.84 Å². The molecule has 3 rings (SSSR count). The Labute approximate surface area is 104 Å². The number of halogens is 1. The molecule has 0 saturated heterocycles. The number of para-hydroxylation sites is 1. The molecule has 0 bridgehead atoms. The van der Waals surface area contributed by atoms with Gasteiger partial charge in [0.2, 0.25) is 5.76 Å². The normalized spacial score (nSPS) is 14.4. The zero-order valence-electron chi connectivity index (χ0n) is 9.51. The van der Waals surface area contributed by atoms with Gasteiger partial charge in [0, 0.05) is 5.56 Å². The van der Waals surface area contributed by atoms with Gasteiger partial charge in [-0.15, -0.1) is 5.17 Å². The first-order chi connectivity index (χ1) is 8.84. The zero-order chi connectivity index (χ0) is 12.4. The third-order valence-corrected chi connectivity index (χ3v) is 2.61. The summed E-state index contributed by atoms with van der Waals surface area (Å²) in [5.41, 5.74) is 3.97. The Morgan fingerprint density at radius 2 is 1.50 bits per heavy atom. The number of hydrogen-bond acceptors (Lipinski definition) is 3. The number of nitrogens with one attached hydrogen (secondary N) is 1. The molecular weight excluding hydrogens is 231 g/mol. The van der Waals surface area contributed by atoms with Crippen molar-refractivity contribution in [2.45, 2.75) is 0 Å². The smallest absolute Gasteiger partial charge is 0.254 e. The number of hydrogen-bond donors (Lipinski definition) is 1. The second-order valence-electron chi connectivity index (χ2n) is 3.84. The van der Waals surface area contributed by atoms with Crippen molar-refractivity contribution in [3.63, 3.8) is 0 Å². The molecule has 0 saturated carbocycles. The average molecular weight is 242 g/mol. The van der Waals surface area contributed by atoms with Gasteiger partial charge in [-0.05, 0) is 12.1 Å². The van der Waals surface area contributed by atoms with E-state index in [2.05, 4.69) is 5.43 Å². The van der Waals surface area contributed by atoms with E-state index in [0.717, 1.165) is 5.69 Å². The summed E-state index contributed by atoms with van der Waals surface area (Å²) in [5, 5.41) is 1.30. The Morgan fingerprint density at radius 1 is 0.889 bits per heavy atom. The van der Waals surface area contributed by atoms with Gasteiger partial charge in [-0.1, -0.05) is 48.5 Å². The van der Waals surface area contributed by atoms with Crippen LogP contribution in [0.2, 0.25) is 0 Å². The molecule has 0 atom stereocenters. The van der Waals surface area contributed by atoms with Crippen LogP contribution in [0.15, 0.2) is 66.6 Å². The molecule has 18 heavy (non-hydrogen) atoms. The average Bonchev–Trinajstić information content (AvgIpc) is 2.83. The number of nitrogens with zero attached hydrogens (tertiary/aromatic N) is 1. The second kappa shape index (κ2) is 4.41. The lowest BCUT2D eigenvalue weighted by molar-refractivity contribution is 0.241. The summed E-state index contributed by atoms with van der Waals surface area (Å²) in [6.07, 6.45) is 0. The number of hydrazine groups is 1. The summed E-state index contributed by atoms with van der Waals surface area (Å²) in [7, 11) is 0. The summed E-state index contributed by atoms with van der Waals surface area (Å²) in [6.45, 7) is 0. The van der Waals surface area contributed by atoms with Crippen molar-refractivity contribution >= 4 is 11.4 Å². The first-order valence-corrected chi connectivity index (χ1v) is 5.59. The first-order valence-electron chi connectivity index (χ1n) is 5.59. The quantitative estimate of drug-likeness (QED) is 0.818. The van der Waals surface area contributed by atoms with Crippen molar-refractivity contribution in [1.29, 1.82) is 0 Å². The standard InChI is InChI=1S/C14H11FN2O/c15-14-13(11-7-3-1-4-8-11)18-17(16-14)12-9-5-2-6-10-12/h1-10,16H. The van der Waals surface area contributed by atoms with E-state index in [0.29, 0.717) is 5.56 Å². The van der Waals surface area contributed by atoms with Gasteiger partial charge in [0.1, 0.15) is 0 Å². The Kier molecular flexibility index (Phi) is 2.61. The third-order valence-electron chi connectivity index (χ3n) is 2.61. The predicted octanol–water partition coefficient (Wildman–Crippen LogP) is 3.24. The highest BCUT2D eigenvalue weighted by molar-refractivity contribution is 5.65. The first kappa shape index (κ1) is 10.7. The van der Waals surface area contributed by atoms with Gasteiger partial charge in [-0.3, -0.25) is 0 Å². The van der Waals surface area contributed by atoms with E-state index < -0.39 is 5.95 Å². The van der Waals surface area contributed by atoms with Gasteiger partial charge in [-0.2, -0.15) is 4.39 Å². The molecule has 0 spiro atoms. The molecule has 0 unspecified atom stereocenters. The molecule has 1 aliphatic rings. The van der Waals surface area contributed by atoms with Crippen LogP contribution < -0.4 is 10.6 Å². The Bertz CT molecular complexity index is 569. The van der Waals surface area contributed by atoms with Crippen LogP contribution in [0.5, 0.6) is 0 Å². The molecule has 0 fully saturated rings. The summed E-state index contributed by atoms with van der Waals surface area (Å²) in [6, 6.07) is 18.4. The number of rotatable bonds is 2. The van der Waals surface area contributed by atoms with Gasteiger partial charge >= 0.3 is 0 Å². The van der Waals surface area contributed by atoms with Crippen LogP contribution in [0.25, 0.3) is 5.76 Å². The van der Waals surface area contributed by atoms with Crippen LogP contribution in [0.4, 0.5) is 10.1 Å². The minimum absolute atomic E-state index is 0.194. The lowest BCUT2D eigenvalue weighted by atomic mass is 10.2. The molecule has 2 aromatic carbocycles. The van der Waals surface area contributed by atoms with E-state index in [1.165, 1.54) is 5.17 Å². The topological polar surface area (TPSA) is 24.5 Å². The fourth-order valence-electron chi connectivity index (χ4n) is 1.74. The highest BCUT2D eigenvalue weighted by Crippen LogP contribution is 2.28. The minimum atomic E-state index is -0.495. The Hall–Kier alpha value is -2.49. The maximum absolute atomic E-state index is 13.8. The molecule has 0 aliphatic carbocycles. The summed E-state index contributed by atoms with van der Waals surface area (Å²) >= 11 is 0. The zero-order valence-corrected chi connectivity index (χ0v) is 9.51. The van der Waals surface area contributed by atoms with Gasteiger partial charge in [0.25, 0.3) is 5.95 Å². The molecule has 2 aromatic rings. The molecule has 0 aromatic heterocycles. The maximum Gasteiger partial charge on any atom is 0.254 e. The lowest BCUT2D eigenvalue weighted by Gasteiger charge is -2.17. The molecule has 1 aliphatic heterocycles. The molecule has 1 heterocycles. The van der Waals surface area contributed by atoms with Crippen molar-refractivity contribution < 1.29 is 9.23 Å². The molecule has 0 radical (unpaired) electrons. The highest BCUT2D eigenvalue weighted by atomic mass is 19.1. The van der Waals surface area contributed by atoms with E-state index in [4.69, 9.17) is 4.84 Å². The van der Waals surface area contributed by atoms with E-state index >= 15 is 0 Å². The molecule has 90 valence electrons. The van der Waals surface area contributed by atoms with Gasteiger partial charge in [0.15, 0.2) is 0 Å². The molecule has 3 nitrogen and oxygen atoms in total. The molecule has 4 heteroatoms. The van der Waals surface area contributed by atoms with E-state index in [1.807, 2.05) is 48.5 Å². The van der Waals surface area contributed by atoms with Crippen molar-refractivity contribution in [2.24, 2.45) is 0 Å². The van der Waals surface area contributed by atoms with E-state index in [-0.39, 0.29) is 5.76 Å². The number of benzene rings is 2. The number of anilines is 1. The van der Waals surface area contributed by atoms with Gasteiger partial charge in [0.05, 0.1) is 5.69 Å². The van der Waals surface area contributed by atoms with Crippen LogP contribution >= 0.6 is 0 Å². The monoisotopic (exact) mass is 242 g/mol. The molecule has 1 N–H and O–H groups in total.